The number of hydrazine groups is 2. The van der Waals surface area contributed by atoms with Crippen molar-refractivity contribution >= 4 is 82.4 Å². The molecule has 0 aromatic rings. The van der Waals surface area contributed by atoms with Crippen LogP contribution in [-0.4, -0.2) is 79.7 Å². The van der Waals surface area contributed by atoms with Crippen LogP contribution < -0.4 is 0 Å². The maximum atomic E-state index is 11.1. The van der Waals surface area contributed by atoms with E-state index in [0.717, 1.165) is 0 Å². The lowest BCUT2D eigenvalue weighted by molar-refractivity contribution is -0.153. The molecule has 2 amide bonds. The Bertz CT molecular complexity index is 345. The molecule has 0 radical (unpaired) electrons. The lowest BCUT2D eigenvalue weighted by Crippen LogP contribution is -2.59. The van der Waals surface area contributed by atoms with Gasteiger partial charge in [-0.05, 0) is 0 Å². The molecule has 0 spiro atoms. The van der Waals surface area contributed by atoms with Crippen molar-refractivity contribution in [2.45, 2.75) is 7.59 Å². The molecule has 1 fully saturated rings. The average molecular weight is 435 g/mol. The van der Waals surface area contributed by atoms with Crippen molar-refractivity contribution in [1.82, 2.24) is 20.0 Å². The van der Waals surface area contributed by atoms with Gasteiger partial charge in [0.1, 0.15) is 0 Å². The molecule has 12 heteroatoms. The Morgan fingerprint density at radius 1 is 0.727 bits per heavy atom. The zero-order chi connectivity index (χ0) is 17.0. The third-order valence-corrected chi connectivity index (χ3v) is 3.60. The van der Waals surface area contributed by atoms with Crippen LogP contribution in [0.5, 0.6) is 0 Å². The van der Waals surface area contributed by atoms with E-state index < -0.39 is 7.59 Å². The van der Waals surface area contributed by atoms with E-state index in [4.69, 9.17) is 69.6 Å². The summed E-state index contributed by atoms with van der Waals surface area (Å²) in [6.45, 7) is 1.67. The minimum Gasteiger partial charge on any atom is -0.277 e. The lowest BCUT2D eigenvalue weighted by Gasteiger charge is -2.43. The largest absolute Gasteiger partial charge is 0.277 e. The smallest absolute Gasteiger partial charge is 0.224 e. The van der Waals surface area contributed by atoms with Crippen molar-refractivity contribution in [2.75, 3.05) is 39.3 Å². The molecule has 1 rings (SSSR count). The van der Waals surface area contributed by atoms with Gasteiger partial charge in [0, 0.05) is 26.2 Å². The number of nitrogens with zero attached hydrogens (tertiary/aromatic N) is 4. The van der Waals surface area contributed by atoms with Crippen LogP contribution in [-0.2, 0) is 9.59 Å². The van der Waals surface area contributed by atoms with Crippen LogP contribution in [0.1, 0.15) is 0 Å². The molecule has 0 atom stereocenters. The molecule has 22 heavy (non-hydrogen) atoms. The second-order valence-electron chi connectivity index (χ2n) is 4.54. The molecule has 0 aromatic heterocycles. The Labute approximate surface area is 158 Å². The number of hydrogen-bond acceptors (Lipinski definition) is 4. The molecule has 1 saturated heterocycles. The van der Waals surface area contributed by atoms with E-state index in [1.165, 1.54) is 10.0 Å². The molecular formula is C10H14Cl6N4O2. The highest BCUT2D eigenvalue weighted by Gasteiger charge is 2.32. The molecule has 0 saturated carbocycles. The fraction of sp³-hybridized carbons (Fsp3) is 0.800. The van der Waals surface area contributed by atoms with Gasteiger partial charge in [0.05, 0.1) is 13.1 Å². The monoisotopic (exact) mass is 432 g/mol. The number of hydrogen-bond donors (Lipinski definition) is 0. The first-order valence-corrected chi connectivity index (χ1v) is 8.39. The summed E-state index contributed by atoms with van der Waals surface area (Å²) in [6.07, 6.45) is 1.19. The molecule has 0 bridgehead atoms. The summed E-state index contributed by atoms with van der Waals surface area (Å²) in [6, 6.07) is 0. The van der Waals surface area contributed by atoms with Crippen molar-refractivity contribution in [2.24, 2.45) is 0 Å². The summed E-state index contributed by atoms with van der Waals surface area (Å²) in [5.41, 5.74) is 0. The molecule has 1 heterocycles. The van der Waals surface area contributed by atoms with Gasteiger partial charge >= 0.3 is 0 Å². The fourth-order valence-electron chi connectivity index (χ4n) is 1.97. The van der Waals surface area contributed by atoms with Gasteiger partial charge in [0.15, 0.2) is 0 Å². The minimum atomic E-state index is -1.57. The zero-order valence-corrected chi connectivity index (χ0v) is 15.8. The van der Waals surface area contributed by atoms with Crippen molar-refractivity contribution in [3.63, 3.8) is 0 Å². The summed E-state index contributed by atoms with van der Waals surface area (Å²) in [7, 11) is 0. The molecule has 0 unspecified atom stereocenters. The number of rotatable bonds is 6. The molecule has 0 aromatic carbocycles. The van der Waals surface area contributed by atoms with E-state index in [-0.39, 0.29) is 13.1 Å². The third kappa shape index (κ3) is 7.45. The fourth-order valence-corrected chi connectivity index (χ4v) is 2.71. The summed E-state index contributed by atoms with van der Waals surface area (Å²) in [5, 5.41) is 6.04. The first-order chi connectivity index (χ1) is 10.1. The quantitative estimate of drug-likeness (QED) is 0.474. The van der Waals surface area contributed by atoms with E-state index in [2.05, 4.69) is 0 Å². The van der Waals surface area contributed by atoms with E-state index >= 15 is 0 Å². The number of carbonyl (C=O) groups excluding carboxylic acids is 2. The molecular weight excluding hydrogens is 421 g/mol. The van der Waals surface area contributed by atoms with Gasteiger partial charge in [-0.2, -0.15) is 0 Å². The molecule has 128 valence electrons. The van der Waals surface area contributed by atoms with Crippen molar-refractivity contribution in [3.8, 4) is 0 Å². The van der Waals surface area contributed by atoms with E-state index in [9.17, 15) is 9.59 Å². The second-order valence-corrected chi connectivity index (χ2v) is 9.58. The Morgan fingerprint density at radius 2 is 1.00 bits per heavy atom. The van der Waals surface area contributed by atoms with Crippen molar-refractivity contribution in [1.29, 1.82) is 0 Å². The predicted octanol–water partition coefficient (Wildman–Crippen LogP) is 2.09. The Kier molecular flexibility index (Phi) is 8.09. The van der Waals surface area contributed by atoms with Gasteiger partial charge in [0.25, 0.3) is 0 Å². The normalized spacial score (nSPS) is 18.1. The Hall–Kier alpha value is 0.600. The van der Waals surface area contributed by atoms with Crippen LogP contribution in [0.15, 0.2) is 0 Å². The second kappa shape index (κ2) is 8.62. The number of alkyl halides is 6. The maximum Gasteiger partial charge on any atom is 0.224 e. The van der Waals surface area contributed by atoms with E-state index in [1.54, 1.807) is 10.0 Å². The molecule has 1 aliphatic rings. The van der Waals surface area contributed by atoms with Crippen LogP contribution in [0.4, 0.5) is 0 Å². The number of carbonyl (C=O) groups is 2. The number of halogens is 6. The van der Waals surface area contributed by atoms with Crippen LogP contribution in [0.3, 0.4) is 0 Å². The highest BCUT2D eigenvalue weighted by Crippen LogP contribution is 2.28. The topological polar surface area (TPSA) is 47.1 Å². The zero-order valence-electron chi connectivity index (χ0n) is 11.3. The number of piperazine rings is 1. The van der Waals surface area contributed by atoms with Gasteiger partial charge in [-0.25, -0.2) is 10.0 Å². The average Bonchev–Trinajstić information content (AvgIpc) is 2.40. The van der Waals surface area contributed by atoms with Crippen LogP contribution >= 0.6 is 69.6 Å². The minimum absolute atomic E-state index is 0.0628. The summed E-state index contributed by atoms with van der Waals surface area (Å²) in [5.74, 6) is 0. The number of amides is 2. The van der Waals surface area contributed by atoms with Gasteiger partial charge in [-0.1, -0.05) is 69.6 Å². The first-order valence-electron chi connectivity index (χ1n) is 6.13. The van der Waals surface area contributed by atoms with Crippen LogP contribution in [0.25, 0.3) is 0 Å². The van der Waals surface area contributed by atoms with Crippen LogP contribution in [0, 0.1) is 0 Å². The van der Waals surface area contributed by atoms with Crippen molar-refractivity contribution < 1.29 is 9.59 Å². The van der Waals surface area contributed by atoms with E-state index in [1.807, 2.05) is 0 Å². The third-order valence-electron chi connectivity index (χ3n) is 2.88. The summed E-state index contributed by atoms with van der Waals surface area (Å²) in [4.78, 5) is 22.2. The van der Waals surface area contributed by atoms with Crippen molar-refractivity contribution in [3.05, 3.63) is 0 Å². The molecule has 1 aliphatic heterocycles. The Morgan fingerprint density at radius 3 is 1.18 bits per heavy atom. The highest BCUT2D eigenvalue weighted by molar-refractivity contribution is 6.68. The molecule has 0 aliphatic carbocycles. The summed E-state index contributed by atoms with van der Waals surface area (Å²) >= 11 is 34.2. The van der Waals surface area contributed by atoms with Crippen LogP contribution in [0.2, 0.25) is 0 Å². The Balaban J connectivity index is 2.57. The summed E-state index contributed by atoms with van der Waals surface area (Å²) < 4.78 is -3.13. The highest BCUT2D eigenvalue weighted by atomic mass is 35.6. The molecule has 6 nitrogen and oxygen atoms in total. The van der Waals surface area contributed by atoms with E-state index in [0.29, 0.717) is 39.0 Å². The predicted molar refractivity (Wildman–Crippen MR) is 89.3 cm³/mol. The SMILES string of the molecule is O=CN(CC(Cl)(Cl)Cl)N1CCN(N(C=O)CC(Cl)(Cl)Cl)CC1. The van der Waals surface area contributed by atoms with Gasteiger partial charge in [0.2, 0.25) is 20.4 Å². The maximum absolute atomic E-state index is 11.1. The first kappa shape index (κ1) is 20.6. The van der Waals surface area contributed by atoms with Gasteiger partial charge < -0.3 is 0 Å². The standard InChI is InChI=1S/C10H14Cl6N4O2/c11-9(12,13)5-19(7-21)17-1-2-18(4-3-17)20(8-22)6-10(14,15)16/h7-8H,1-6H2. The molecule has 0 N–H and O–H groups in total. The van der Waals surface area contributed by atoms with Gasteiger partial charge in [-0.15, -0.1) is 0 Å². The lowest BCUT2D eigenvalue weighted by atomic mass is 10.4. The van der Waals surface area contributed by atoms with Gasteiger partial charge in [-0.3, -0.25) is 19.6 Å².